The highest BCUT2D eigenvalue weighted by molar-refractivity contribution is 6.05. The van der Waals surface area contributed by atoms with Gasteiger partial charge in [0.2, 0.25) is 5.79 Å². The molecule has 4 bridgehead atoms. The number of carbonyl (C=O) groups is 1. The zero-order valence-electron chi connectivity index (χ0n) is 19.1. The number of Topliss-reactive ketones (excluding diaryl/α,β-unsaturated/α-hetero) is 1. The third-order valence-electron chi connectivity index (χ3n) is 9.83. The molecule has 3 heterocycles. The van der Waals surface area contributed by atoms with E-state index >= 15 is 0 Å². The zero-order valence-corrected chi connectivity index (χ0v) is 19.1. The number of hydrogen-bond acceptors (Lipinski definition) is 7. The van der Waals surface area contributed by atoms with Gasteiger partial charge in [-0.1, -0.05) is 20.4 Å². The SMILES string of the molecule is C=C1C(=O)[C@]23C(O)[C@H]1CC[C@H]2[C@@]12CO[C@]3(O)[C@@H](O)[C@@H]1C(C)(C)CC1=C2O[C@@H](OCC)CC1. The zero-order chi connectivity index (χ0) is 22.8. The molecular formula is C25H34O7. The van der Waals surface area contributed by atoms with Crippen LogP contribution in [0.4, 0.5) is 0 Å². The van der Waals surface area contributed by atoms with Crippen molar-refractivity contribution in [2.45, 2.75) is 77.2 Å². The van der Waals surface area contributed by atoms with Crippen LogP contribution >= 0.6 is 0 Å². The summed E-state index contributed by atoms with van der Waals surface area (Å²) in [4.78, 5) is 13.8. The number of allylic oxidation sites excluding steroid dienone is 1. The van der Waals surface area contributed by atoms with Gasteiger partial charge < -0.3 is 29.5 Å². The summed E-state index contributed by atoms with van der Waals surface area (Å²) >= 11 is 0. The molecule has 2 spiro atoms. The largest absolute Gasteiger partial charge is 0.469 e. The third-order valence-corrected chi connectivity index (χ3v) is 9.83. The van der Waals surface area contributed by atoms with E-state index in [1.165, 1.54) is 5.57 Å². The fourth-order valence-electron chi connectivity index (χ4n) is 8.97. The number of fused-ring (bicyclic) bond motifs is 2. The Balaban J connectivity index is 1.62. The van der Waals surface area contributed by atoms with Crippen LogP contribution in [0.3, 0.4) is 0 Å². The summed E-state index contributed by atoms with van der Waals surface area (Å²) in [6.07, 6.45) is 0.716. The van der Waals surface area contributed by atoms with E-state index < -0.39 is 40.7 Å². The quantitative estimate of drug-likeness (QED) is 0.558. The molecule has 0 amide bonds. The molecule has 2 saturated heterocycles. The van der Waals surface area contributed by atoms with Crippen molar-refractivity contribution in [2.75, 3.05) is 13.2 Å². The van der Waals surface area contributed by atoms with Gasteiger partial charge in [-0.05, 0) is 55.1 Å². The minimum Gasteiger partial charge on any atom is -0.469 e. The molecular weight excluding hydrogens is 412 g/mol. The molecule has 7 aliphatic rings. The maximum atomic E-state index is 13.8. The Labute approximate surface area is 188 Å². The van der Waals surface area contributed by atoms with E-state index in [0.29, 0.717) is 25.0 Å². The molecule has 7 rings (SSSR count). The topological polar surface area (TPSA) is 105 Å². The summed E-state index contributed by atoms with van der Waals surface area (Å²) in [5, 5.41) is 35.2. The summed E-state index contributed by atoms with van der Waals surface area (Å²) in [6, 6.07) is 0. The van der Waals surface area contributed by atoms with Gasteiger partial charge in [0.15, 0.2) is 12.1 Å². The number of aliphatic hydroxyl groups is 3. The molecule has 176 valence electrons. The Morgan fingerprint density at radius 2 is 1.94 bits per heavy atom. The van der Waals surface area contributed by atoms with Crippen molar-refractivity contribution in [2.24, 2.45) is 34.0 Å². The van der Waals surface area contributed by atoms with Gasteiger partial charge in [-0.2, -0.15) is 0 Å². The van der Waals surface area contributed by atoms with Crippen molar-refractivity contribution in [1.29, 1.82) is 0 Å². The monoisotopic (exact) mass is 446 g/mol. The van der Waals surface area contributed by atoms with E-state index in [0.717, 1.165) is 25.0 Å². The average Bonchev–Trinajstić information content (AvgIpc) is 2.84. The van der Waals surface area contributed by atoms with Crippen molar-refractivity contribution < 1.29 is 34.3 Å². The van der Waals surface area contributed by atoms with E-state index in [2.05, 4.69) is 20.4 Å². The number of rotatable bonds is 2. The van der Waals surface area contributed by atoms with E-state index in [-0.39, 0.29) is 30.0 Å². The van der Waals surface area contributed by atoms with Crippen LogP contribution in [0.2, 0.25) is 0 Å². The van der Waals surface area contributed by atoms with Gasteiger partial charge in [0, 0.05) is 24.9 Å². The van der Waals surface area contributed by atoms with Crippen LogP contribution in [0, 0.1) is 34.0 Å². The van der Waals surface area contributed by atoms with Crippen molar-refractivity contribution in [3.63, 3.8) is 0 Å². The lowest BCUT2D eigenvalue weighted by molar-refractivity contribution is -0.444. The highest BCUT2D eigenvalue weighted by atomic mass is 16.7. The first-order chi connectivity index (χ1) is 15.1. The Morgan fingerprint density at radius 1 is 1.19 bits per heavy atom. The number of aliphatic hydroxyl groups excluding tert-OH is 2. The second kappa shape index (κ2) is 6.25. The molecule has 3 saturated carbocycles. The normalized spacial score (nSPS) is 52.9. The maximum absolute atomic E-state index is 13.8. The molecule has 9 atom stereocenters. The highest BCUT2D eigenvalue weighted by Gasteiger charge is 2.87. The van der Waals surface area contributed by atoms with E-state index in [4.69, 9.17) is 14.2 Å². The van der Waals surface area contributed by atoms with E-state index in [1.54, 1.807) is 0 Å². The summed E-state index contributed by atoms with van der Waals surface area (Å²) < 4.78 is 18.4. The van der Waals surface area contributed by atoms with Crippen molar-refractivity contribution in [3.8, 4) is 0 Å². The van der Waals surface area contributed by atoms with Gasteiger partial charge in [0.1, 0.15) is 17.3 Å². The smallest absolute Gasteiger partial charge is 0.208 e. The minimum absolute atomic E-state index is 0.149. The van der Waals surface area contributed by atoms with Gasteiger partial charge in [-0.25, -0.2) is 0 Å². The molecule has 0 aromatic heterocycles. The Morgan fingerprint density at radius 3 is 2.66 bits per heavy atom. The summed E-state index contributed by atoms with van der Waals surface area (Å²) in [7, 11) is 0. The van der Waals surface area contributed by atoms with Gasteiger partial charge in [0.25, 0.3) is 0 Å². The fourth-order valence-corrected chi connectivity index (χ4v) is 8.97. The molecule has 5 fully saturated rings. The average molecular weight is 447 g/mol. The molecule has 0 aromatic rings. The van der Waals surface area contributed by atoms with Crippen LogP contribution in [0.5, 0.6) is 0 Å². The lowest BCUT2D eigenvalue weighted by atomic mass is 9.36. The molecule has 7 nitrogen and oxygen atoms in total. The molecule has 32 heavy (non-hydrogen) atoms. The first-order valence-corrected chi connectivity index (χ1v) is 12.0. The van der Waals surface area contributed by atoms with Gasteiger partial charge >= 0.3 is 0 Å². The molecule has 3 aliphatic heterocycles. The van der Waals surface area contributed by atoms with Crippen LogP contribution in [0.1, 0.15) is 52.9 Å². The number of ketones is 1. The van der Waals surface area contributed by atoms with Gasteiger partial charge in [-0.15, -0.1) is 0 Å². The summed E-state index contributed by atoms with van der Waals surface area (Å²) in [5.41, 5.74) is -1.27. The second-order valence-corrected chi connectivity index (χ2v) is 11.5. The van der Waals surface area contributed by atoms with Crippen molar-refractivity contribution in [1.82, 2.24) is 0 Å². The van der Waals surface area contributed by atoms with Crippen LogP contribution < -0.4 is 0 Å². The molecule has 4 aliphatic carbocycles. The fraction of sp³-hybridized carbons (Fsp3) is 0.800. The molecule has 1 unspecified atom stereocenters. The summed E-state index contributed by atoms with van der Waals surface area (Å²) in [5.74, 6) is -2.95. The maximum Gasteiger partial charge on any atom is 0.208 e. The molecule has 0 aromatic carbocycles. The predicted octanol–water partition coefficient (Wildman–Crippen LogP) is 2.05. The Bertz CT molecular complexity index is 939. The Hall–Kier alpha value is -1.25. The first-order valence-electron chi connectivity index (χ1n) is 12.0. The number of hydrogen-bond donors (Lipinski definition) is 3. The second-order valence-electron chi connectivity index (χ2n) is 11.5. The standard InChI is InChI=1S/C25H34O7/c1-5-30-16-9-6-13-10-22(3,4)17-20(28)25(29)24-15(23(17,11-31-25)21(13)32-16)8-7-14(19(24)27)12(2)18(24)26/h14-17,19-20,27-29H,2,5-11H2,1,3-4H3/t14-,15-,16+,17+,19?,20-,23-,24-,25+/m0/s1. The third kappa shape index (κ3) is 2.02. The molecule has 3 N–H and O–H groups in total. The van der Waals surface area contributed by atoms with Crippen LogP contribution in [0.25, 0.3) is 0 Å². The van der Waals surface area contributed by atoms with Crippen LogP contribution in [0.15, 0.2) is 23.5 Å². The lowest BCUT2D eigenvalue weighted by Gasteiger charge is -2.73. The van der Waals surface area contributed by atoms with Crippen molar-refractivity contribution in [3.05, 3.63) is 23.5 Å². The number of carbonyl (C=O) groups excluding carboxylic acids is 1. The van der Waals surface area contributed by atoms with E-state index in [9.17, 15) is 20.1 Å². The van der Waals surface area contributed by atoms with Gasteiger partial charge in [0.05, 0.1) is 18.1 Å². The van der Waals surface area contributed by atoms with E-state index in [1.807, 2.05) is 6.92 Å². The van der Waals surface area contributed by atoms with Gasteiger partial charge in [-0.3, -0.25) is 4.79 Å². The predicted molar refractivity (Wildman–Crippen MR) is 113 cm³/mol. The van der Waals surface area contributed by atoms with Crippen molar-refractivity contribution >= 4 is 5.78 Å². The Kier molecular flexibility index (Phi) is 4.16. The molecule has 0 radical (unpaired) electrons. The van der Waals surface area contributed by atoms with Crippen LogP contribution in [-0.4, -0.2) is 58.6 Å². The minimum atomic E-state index is -2.15. The highest BCUT2D eigenvalue weighted by Crippen LogP contribution is 2.77. The lowest BCUT2D eigenvalue weighted by Crippen LogP contribution is -2.84. The summed E-state index contributed by atoms with van der Waals surface area (Å²) in [6.45, 7) is 10.8. The molecule has 7 heteroatoms. The van der Waals surface area contributed by atoms with Crippen LogP contribution in [-0.2, 0) is 19.0 Å². The number of ether oxygens (including phenoxy) is 3. The first kappa shape index (κ1) is 21.3.